The van der Waals surface area contributed by atoms with Gasteiger partial charge >= 0.3 is 0 Å². The van der Waals surface area contributed by atoms with Crippen LogP contribution in [0.4, 0.5) is 8.78 Å². The minimum Gasteiger partial charge on any atom is -0.368 e. The van der Waals surface area contributed by atoms with Gasteiger partial charge in [0.15, 0.2) is 0 Å². The van der Waals surface area contributed by atoms with Crippen molar-refractivity contribution in [3.63, 3.8) is 0 Å². The van der Waals surface area contributed by atoms with Gasteiger partial charge in [0.05, 0.1) is 5.56 Å². The van der Waals surface area contributed by atoms with Gasteiger partial charge < -0.3 is 11.1 Å². The van der Waals surface area contributed by atoms with Crippen LogP contribution in [0.2, 0.25) is 0 Å². The van der Waals surface area contributed by atoms with Crippen LogP contribution in [0.25, 0.3) is 0 Å². The molecule has 0 aromatic heterocycles. The minimum absolute atomic E-state index is 0.338. The Kier molecular flexibility index (Phi) is 3.55. The molecule has 0 saturated carbocycles. The molecule has 0 fully saturated rings. The number of hydrogen-bond acceptors (Lipinski definition) is 2. The van der Waals surface area contributed by atoms with Crippen molar-refractivity contribution in [2.75, 3.05) is 0 Å². The molecule has 1 atom stereocenters. The second-order valence-corrected chi connectivity index (χ2v) is 3.22. The molecule has 6 heteroatoms. The molecule has 0 aliphatic carbocycles. The first-order valence-corrected chi connectivity index (χ1v) is 4.47. The van der Waals surface area contributed by atoms with Crippen LogP contribution in [0.3, 0.4) is 0 Å². The van der Waals surface area contributed by atoms with E-state index in [1.165, 1.54) is 6.92 Å². The number of hydrogen-bond donors (Lipinski definition) is 2. The third kappa shape index (κ3) is 2.75. The molecule has 2 amide bonds. The Bertz CT molecular complexity index is 435. The van der Waals surface area contributed by atoms with Crippen LogP contribution in [-0.4, -0.2) is 17.9 Å². The number of halogens is 2. The standard InChI is InChI=1S/C10H10F2N2O2/c1-5(9(13)15)14-10(16)7-3-2-6(11)4-8(7)12/h2-5H,1H3,(H2,13,15)(H,14,16)/t5-/m0/s1. The maximum absolute atomic E-state index is 13.1. The van der Waals surface area contributed by atoms with E-state index in [0.29, 0.717) is 6.07 Å². The van der Waals surface area contributed by atoms with E-state index < -0.39 is 29.5 Å². The van der Waals surface area contributed by atoms with E-state index in [1.807, 2.05) is 0 Å². The predicted molar refractivity (Wildman–Crippen MR) is 52.5 cm³/mol. The molecule has 16 heavy (non-hydrogen) atoms. The number of rotatable bonds is 3. The number of benzene rings is 1. The smallest absolute Gasteiger partial charge is 0.254 e. The Morgan fingerprint density at radius 3 is 2.50 bits per heavy atom. The summed E-state index contributed by atoms with van der Waals surface area (Å²) in [7, 11) is 0. The lowest BCUT2D eigenvalue weighted by Gasteiger charge is -2.10. The lowest BCUT2D eigenvalue weighted by Crippen LogP contribution is -2.42. The molecule has 0 saturated heterocycles. The fourth-order valence-electron chi connectivity index (χ4n) is 1.02. The molecular formula is C10H10F2N2O2. The van der Waals surface area contributed by atoms with E-state index in [4.69, 9.17) is 5.73 Å². The molecular weight excluding hydrogens is 218 g/mol. The van der Waals surface area contributed by atoms with E-state index in [9.17, 15) is 18.4 Å². The highest BCUT2D eigenvalue weighted by Crippen LogP contribution is 2.09. The maximum Gasteiger partial charge on any atom is 0.254 e. The second kappa shape index (κ2) is 4.69. The van der Waals surface area contributed by atoms with Crippen molar-refractivity contribution in [1.82, 2.24) is 5.32 Å². The SMILES string of the molecule is C[C@H](NC(=O)c1ccc(F)cc1F)C(N)=O. The summed E-state index contributed by atoms with van der Waals surface area (Å²) in [5, 5.41) is 2.18. The normalized spacial score (nSPS) is 11.9. The topological polar surface area (TPSA) is 72.2 Å². The Morgan fingerprint density at radius 1 is 1.38 bits per heavy atom. The van der Waals surface area contributed by atoms with E-state index in [1.54, 1.807) is 0 Å². The fraction of sp³-hybridized carbons (Fsp3) is 0.200. The van der Waals surface area contributed by atoms with E-state index in [-0.39, 0.29) is 5.56 Å². The highest BCUT2D eigenvalue weighted by Gasteiger charge is 2.16. The molecule has 86 valence electrons. The van der Waals surface area contributed by atoms with Crippen molar-refractivity contribution < 1.29 is 18.4 Å². The van der Waals surface area contributed by atoms with Gasteiger partial charge in [0, 0.05) is 6.07 Å². The van der Waals surface area contributed by atoms with Gasteiger partial charge in [0.2, 0.25) is 5.91 Å². The molecule has 3 N–H and O–H groups in total. The average Bonchev–Trinajstić information content (AvgIpc) is 2.16. The van der Waals surface area contributed by atoms with Crippen LogP contribution in [0.1, 0.15) is 17.3 Å². The van der Waals surface area contributed by atoms with Crippen LogP contribution in [0, 0.1) is 11.6 Å². The summed E-state index contributed by atoms with van der Waals surface area (Å²) >= 11 is 0. The zero-order chi connectivity index (χ0) is 12.3. The van der Waals surface area contributed by atoms with Gasteiger partial charge in [0.25, 0.3) is 5.91 Å². The summed E-state index contributed by atoms with van der Waals surface area (Å²) in [6.07, 6.45) is 0. The van der Waals surface area contributed by atoms with Crippen LogP contribution >= 0.6 is 0 Å². The fourth-order valence-corrected chi connectivity index (χ4v) is 1.02. The number of nitrogens with one attached hydrogen (secondary N) is 1. The summed E-state index contributed by atoms with van der Waals surface area (Å²) in [5.74, 6) is -3.33. The van der Waals surface area contributed by atoms with Crippen molar-refractivity contribution in [1.29, 1.82) is 0 Å². The highest BCUT2D eigenvalue weighted by atomic mass is 19.1. The summed E-state index contributed by atoms with van der Waals surface area (Å²) in [5.41, 5.74) is 4.58. The molecule has 0 heterocycles. The van der Waals surface area contributed by atoms with Gasteiger partial charge in [-0.2, -0.15) is 0 Å². The maximum atomic E-state index is 13.1. The molecule has 1 rings (SSSR count). The lowest BCUT2D eigenvalue weighted by atomic mass is 10.2. The summed E-state index contributed by atoms with van der Waals surface area (Å²) in [4.78, 5) is 22.1. The van der Waals surface area contributed by atoms with Gasteiger partial charge in [-0.3, -0.25) is 9.59 Å². The number of primary amides is 1. The monoisotopic (exact) mass is 228 g/mol. The number of amides is 2. The summed E-state index contributed by atoms with van der Waals surface area (Å²) in [6.45, 7) is 1.36. The van der Waals surface area contributed by atoms with Gasteiger partial charge in [-0.25, -0.2) is 8.78 Å². The molecule has 0 aliphatic heterocycles. The third-order valence-corrected chi connectivity index (χ3v) is 1.95. The average molecular weight is 228 g/mol. The van der Waals surface area contributed by atoms with Gasteiger partial charge in [0.1, 0.15) is 17.7 Å². The van der Waals surface area contributed by atoms with Gasteiger partial charge in [-0.15, -0.1) is 0 Å². The Balaban J connectivity index is 2.85. The predicted octanol–water partition coefficient (Wildman–Crippen LogP) is 0.568. The number of nitrogens with two attached hydrogens (primary N) is 1. The quantitative estimate of drug-likeness (QED) is 0.793. The van der Waals surface area contributed by atoms with Gasteiger partial charge in [-0.05, 0) is 19.1 Å². The van der Waals surface area contributed by atoms with Crippen molar-refractivity contribution in [2.45, 2.75) is 13.0 Å². The molecule has 0 aliphatic rings. The van der Waals surface area contributed by atoms with Crippen LogP contribution in [0.5, 0.6) is 0 Å². The highest BCUT2D eigenvalue weighted by molar-refractivity contribution is 5.97. The molecule has 4 nitrogen and oxygen atoms in total. The molecule has 0 bridgehead atoms. The van der Waals surface area contributed by atoms with Gasteiger partial charge in [-0.1, -0.05) is 0 Å². The molecule has 0 radical (unpaired) electrons. The Labute approximate surface area is 90.4 Å². The largest absolute Gasteiger partial charge is 0.368 e. The molecule has 1 aromatic rings. The summed E-state index contributed by atoms with van der Waals surface area (Å²) in [6, 6.07) is 1.61. The second-order valence-electron chi connectivity index (χ2n) is 3.22. The first-order valence-electron chi connectivity index (χ1n) is 4.47. The van der Waals surface area contributed by atoms with E-state index in [2.05, 4.69) is 5.32 Å². The van der Waals surface area contributed by atoms with Crippen LogP contribution < -0.4 is 11.1 Å². The lowest BCUT2D eigenvalue weighted by molar-refractivity contribution is -0.119. The van der Waals surface area contributed by atoms with E-state index >= 15 is 0 Å². The van der Waals surface area contributed by atoms with Crippen LogP contribution in [-0.2, 0) is 4.79 Å². The van der Waals surface area contributed by atoms with Crippen molar-refractivity contribution in [3.8, 4) is 0 Å². The Morgan fingerprint density at radius 2 is 2.00 bits per heavy atom. The first kappa shape index (κ1) is 12.1. The third-order valence-electron chi connectivity index (χ3n) is 1.95. The minimum atomic E-state index is -0.992. The molecule has 1 aromatic carbocycles. The molecule has 0 spiro atoms. The molecule has 0 unspecified atom stereocenters. The summed E-state index contributed by atoms with van der Waals surface area (Å²) < 4.78 is 25.7. The van der Waals surface area contributed by atoms with Crippen molar-refractivity contribution >= 4 is 11.8 Å². The number of carbonyl (C=O) groups is 2. The van der Waals surface area contributed by atoms with Crippen molar-refractivity contribution in [3.05, 3.63) is 35.4 Å². The van der Waals surface area contributed by atoms with E-state index in [0.717, 1.165) is 12.1 Å². The van der Waals surface area contributed by atoms with Crippen LogP contribution in [0.15, 0.2) is 18.2 Å². The zero-order valence-corrected chi connectivity index (χ0v) is 8.46. The first-order chi connectivity index (χ1) is 7.41. The number of carbonyl (C=O) groups excluding carboxylic acids is 2. The van der Waals surface area contributed by atoms with Crippen molar-refractivity contribution in [2.24, 2.45) is 5.73 Å². The zero-order valence-electron chi connectivity index (χ0n) is 8.46. The Hall–Kier alpha value is -1.98.